The molecule has 0 aliphatic carbocycles. The average molecular weight is 283 g/mol. The monoisotopic (exact) mass is 283 g/mol. The largest absolute Gasteiger partial charge is 0.304 e. The molecule has 0 aliphatic rings. The van der Waals surface area contributed by atoms with Crippen molar-refractivity contribution in [3.63, 3.8) is 0 Å². The Labute approximate surface area is 130 Å². The highest BCUT2D eigenvalue weighted by Crippen LogP contribution is 2.33. The van der Waals surface area contributed by atoms with Crippen LogP contribution in [0.1, 0.15) is 45.6 Å². The highest BCUT2D eigenvalue weighted by atomic mass is 15.1. The molecule has 0 aromatic heterocycles. The van der Waals surface area contributed by atoms with Crippen LogP contribution in [-0.4, -0.2) is 24.5 Å². The van der Waals surface area contributed by atoms with Crippen molar-refractivity contribution < 1.29 is 0 Å². The van der Waals surface area contributed by atoms with Gasteiger partial charge in [-0.1, -0.05) is 70.2 Å². The topological polar surface area (TPSA) is 3.24 Å². The molecule has 0 unspecified atom stereocenters. The molecule has 0 N–H and O–H groups in total. The minimum Gasteiger partial charge on any atom is -0.304 e. The zero-order valence-electron chi connectivity index (χ0n) is 14.0. The van der Waals surface area contributed by atoms with Crippen LogP contribution < -0.4 is 0 Å². The van der Waals surface area contributed by atoms with E-state index in [-0.39, 0.29) is 0 Å². The number of fused-ring (bicyclic) bond motifs is 1. The van der Waals surface area contributed by atoms with E-state index in [0.29, 0.717) is 11.8 Å². The molecule has 0 heterocycles. The van der Waals surface area contributed by atoms with E-state index in [1.54, 1.807) is 0 Å². The van der Waals surface area contributed by atoms with E-state index in [0.717, 1.165) is 13.1 Å². The molecule has 21 heavy (non-hydrogen) atoms. The molecule has 1 heteroatoms. The van der Waals surface area contributed by atoms with E-state index in [9.17, 15) is 0 Å². The molecule has 114 valence electrons. The summed E-state index contributed by atoms with van der Waals surface area (Å²) < 4.78 is 0. The summed E-state index contributed by atoms with van der Waals surface area (Å²) in [6.45, 7) is 12.7. The number of rotatable bonds is 7. The van der Waals surface area contributed by atoms with E-state index >= 15 is 0 Å². The van der Waals surface area contributed by atoms with Crippen LogP contribution in [0.3, 0.4) is 0 Å². The van der Waals surface area contributed by atoms with Gasteiger partial charge in [-0.05, 0) is 54.2 Å². The lowest BCUT2D eigenvalue weighted by Crippen LogP contribution is -2.26. The Kier molecular flexibility index (Phi) is 5.81. The van der Waals surface area contributed by atoms with Gasteiger partial charge in [-0.2, -0.15) is 0 Å². The number of nitrogens with zero attached hydrogens (tertiary/aromatic N) is 1. The molecule has 0 spiro atoms. The van der Waals surface area contributed by atoms with E-state index in [1.807, 2.05) is 0 Å². The quantitative estimate of drug-likeness (QED) is 0.665. The molecule has 0 aliphatic heterocycles. The Bertz CT molecular complexity index is 549. The van der Waals surface area contributed by atoms with Crippen molar-refractivity contribution in [3.05, 3.63) is 48.0 Å². The van der Waals surface area contributed by atoms with Gasteiger partial charge in [-0.3, -0.25) is 0 Å². The van der Waals surface area contributed by atoms with Crippen LogP contribution >= 0.6 is 0 Å². The van der Waals surface area contributed by atoms with Gasteiger partial charge >= 0.3 is 0 Å². The van der Waals surface area contributed by atoms with E-state index in [2.05, 4.69) is 75.1 Å². The van der Waals surface area contributed by atoms with E-state index in [4.69, 9.17) is 0 Å². The van der Waals surface area contributed by atoms with Crippen LogP contribution in [-0.2, 0) is 0 Å². The lowest BCUT2D eigenvalue weighted by molar-refractivity contribution is 0.278. The van der Waals surface area contributed by atoms with Crippen molar-refractivity contribution in [2.45, 2.75) is 40.0 Å². The molecule has 0 saturated carbocycles. The van der Waals surface area contributed by atoms with Crippen molar-refractivity contribution in [1.29, 1.82) is 0 Å². The lowest BCUT2D eigenvalue weighted by Gasteiger charge is -2.26. The van der Waals surface area contributed by atoms with Crippen LogP contribution in [0, 0.1) is 5.92 Å². The molecular formula is C20H29N. The van der Waals surface area contributed by atoms with Crippen LogP contribution in [0.2, 0.25) is 0 Å². The SMILES string of the molecule is CCN(CC)CC[C@H](c1cccc2ccccc12)C(C)C. The van der Waals surface area contributed by atoms with Gasteiger partial charge in [0, 0.05) is 0 Å². The molecule has 1 atom stereocenters. The Morgan fingerprint density at radius 1 is 0.905 bits per heavy atom. The molecule has 0 saturated heterocycles. The summed E-state index contributed by atoms with van der Waals surface area (Å²) >= 11 is 0. The minimum absolute atomic E-state index is 0.636. The molecule has 2 rings (SSSR count). The van der Waals surface area contributed by atoms with Gasteiger partial charge in [0.25, 0.3) is 0 Å². The predicted octanol–water partition coefficient (Wildman–Crippen LogP) is 5.31. The van der Waals surface area contributed by atoms with Gasteiger partial charge in [0.15, 0.2) is 0 Å². The summed E-state index contributed by atoms with van der Waals surface area (Å²) in [5, 5.41) is 2.79. The summed E-state index contributed by atoms with van der Waals surface area (Å²) in [5.74, 6) is 1.31. The minimum atomic E-state index is 0.636. The average Bonchev–Trinajstić information content (AvgIpc) is 2.51. The van der Waals surface area contributed by atoms with Crippen molar-refractivity contribution in [2.75, 3.05) is 19.6 Å². The van der Waals surface area contributed by atoms with Gasteiger partial charge in [-0.25, -0.2) is 0 Å². The van der Waals surface area contributed by atoms with Crippen molar-refractivity contribution in [3.8, 4) is 0 Å². The first-order valence-electron chi connectivity index (χ1n) is 8.37. The maximum atomic E-state index is 2.53. The maximum absolute atomic E-state index is 2.53. The lowest BCUT2D eigenvalue weighted by atomic mass is 9.83. The number of hydrogen-bond donors (Lipinski definition) is 0. The third-order valence-electron chi connectivity index (χ3n) is 4.68. The first-order chi connectivity index (χ1) is 10.2. The third-order valence-corrected chi connectivity index (χ3v) is 4.68. The predicted molar refractivity (Wildman–Crippen MR) is 93.9 cm³/mol. The maximum Gasteiger partial charge on any atom is -0.00130 e. The Morgan fingerprint density at radius 3 is 2.24 bits per heavy atom. The Morgan fingerprint density at radius 2 is 1.57 bits per heavy atom. The molecular weight excluding hydrogens is 254 g/mol. The van der Waals surface area contributed by atoms with E-state index < -0.39 is 0 Å². The fourth-order valence-corrected chi connectivity index (χ4v) is 3.28. The van der Waals surface area contributed by atoms with Crippen LogP contribution in [0.25, 0.3) is 10.8 Å². The normalized spacial score (nSPS) is 13.2. The fraction of sp³-hybridized carbons (Fsp3) is 0.500. The highest BCUT2D eigenvalue weighted by Gasteiger charge is 2.18. The van der Waals surface area contributed by atoms with Crippen LogP contribution in [0.5, 0.6) is 0 Å². The summed E-state index contributed by atoms with van der Waals surface area (Å²) in [4.78, 5) is 2.53. The number of hydrogen-bond acceptors (Lipinski definition) is 1. The zero-order chi connectivity index (χ0) is 15.2. The smallest absolute Gasteiger partial charge is 0.00130 e. The molecule has 0 radical (unpaired) electrons. The second kappa shape index (κ2) is 7.61. The molecule has 0 amide bonds. The van der Waals surface area contributed by atoms with Crippen LogP contribution in [0.15, 0.2) is 42.5 Å². The van der Waals surface area contributed by atoms with Crippen molar-refractivity contribution in [1.82, 2.24) is 4.90 Å². The van der Waals surface area contributed by atoms with E-state index in [1.165, 1.54) is 29.3 Å². The molecule has 0 fully saturated rings. The summed E-state index contributed by atoms with van der Waals surface area (Å²) in [6.07, 6.45) is 1.24. The van der Waals surface area contributed by atoms with Gasteiger partial charge in [0.05, 0.1) is 0 Å². The number of benzene rings is 2. The summed E-state index contributed by atoms with van der Waals surface area (Å²) in [7, 11) is 0. The summed E-state index contributed by atoms with van der Waals surface area (Å²) in [6, 6.07) is 15.6. The van der Waals surface area contributed by atoms with Gasteiger partial charge < -0.3 is 4.90 Å². The van der Waals surface area contributed by atoms with Crippen molar-refractivity contribution in [2.24, 2.45) is 5.92 Å². The van der Waals surface area contributed by atoms with Crippen molar-refractivity contribution >= 4 is 10.8 Å². The van der Waals surface area contributed by atoms with Gasteiger partial charge in [-0.15, -0.1) is 0 Å². The van der Waals surface area contributed by atoms with Gasteiger partial charge in [0.2, 0.25) is 0 Å². The molecule has 2 aromatic rings. The highest BCUT2D eigenvalue weighted by molar-refractivity contribution is 5.86. The zero-order valence-corrected chi connectivity index (χ0v) is 14.0. The molecule has 0 bridgehead atoms. The first-order valence-corrected chi connectivity index (χ1v) is 8.37. The standard InChI is InChI=1S/C20H29N/c1-5-21(6-2)15-14-18(16(3)4)20-13-9-11-17-10-7-8-12-19(17)20/h7-13,16,18H,5-6,14-15H2,1-4H3/t18-/m0/s1. The summed E-state index contributed by atoms with van der Waals surface area (Å²) in [5.41, 5.74) is 1.52. The second-order valence-corrected chi connectivity index (χ2v) is 6.23. The Hall–Kier alpha value is -1.34. The second-order valence-electron chi connectivity index (χ2n) is 6.23. The Balaban J connectivity index is 2.28. The third kappa shape index (κ3) is 3.85. The molecule has 2 aromatic carbocycles. The fourth-order valence-electron chi connectivity index (χ4n) is 3.28. The van der Waals surface area contributed by atoms with Gasteiger partial charge in [0.1, 0.15) is 0 Å². The first kappa shape index (κ1) is 16.0. The van der Waals surface area contributed by atoms with Crippen LogP contribution in [0.4, 0.5) is 0 Å². The molecule has 1 nitrogen and oxygen atoms in total.